The van der Waals surface area contributed by atoms with E-state index in [1.807, 2.05) is 6.92 Å². The van der Waals surface area contributed by atoms with Crippen LogP contribution in [-0.4, -0.2) is 18.4 Å². The summed E-state index contributed by atoms with van der Waals surface area (Å²) in [4.78, 5) is 11.1. The van der Waals surface area contributed by atoms with Crippen LogP contribution in [0.15, 0.2) is 0 Å². The molecule has 0 amide bonds. The van der Waals surface area contributed by atoms with E-state index in [0.717, 1.165) is 13.0 Å². The van der Waals surface area contributed by atoms with E-state index in [4.69, 9.17) is 0 Å². The number of Topliss-reactive ketones (excluding diaryl/α,β-unsaturated/α-hetero) is 1. The van der Waals surface area contributed by atoms with Crippen molar-refractivity contribution in [3.63, 3.8) is 0 Å². The Balaban J connectivity index is 2.31. The van der Waals surface area contributed by atoms with Gasteiger partial charge in [0.05, 0.1) is 6.54 Å². The lowest BCUT2D eigenvalue weighted by Crippen LogP contribution is -2.93. The summed E-state index contributed by atoms with van der Waals surface area (Å²) in [5.74, 6) is 0.430. The first-order valence-corrected chi connectivity index (χ1v) is 4.20. The summed E-state index contributed by atoms with van der Waals surface area (Å²) < 4.78 is 0. The van der Waals surface area contributed by atoms with Gasteiger partial charge in [-0.05, 0) is 12.8 Å². The van der Waals surface area contributed by atoms with Crippen molar-refractivity contribution in [2.75, 3.05) is 6.54 Å². The monoisotopic (exact) mass is 142 g/mol. The Morgan fingerprint density at radius 1 is 1.60 bits per heavy atom. The zero-order valence-electron chi connectivity index (χ0n) is 6.60. The van der Waals surface area contributed by atoms with Gasteiger partial charge < -0.3 is 5.32 Å². The van der Waals surface area contributed by atoms with Crippen molar-refractivity contribution in [2.45, 2.75) is 38.6 Å². The van der Waals surface area contributed by atoms with Gasteiger partial charge in [-0.3, -0.25) is 4.79 Å². The van der Waals surface area contributed by atoms with Crippen LogP contribution >= 0.6 is 0 Å². The molecule has 0 aromatic rings. The molecule has 0 saturated carbocycles. The average Bonchev–Trinajstić information content (AvgIpc) is 2.05. The van der Waals surface area contributed by atoms with Crippen LogP contribution in [0, 0.1) is 0 Å². The third kappa shape index (κ3) is 1.81. The van der Waals surface area contributed by atoms with Crippen LogP contribution in [0.3, 0.4) is 0 Å². The summed E-state index contributed by atoms with van der Waals surface area (Å²) in [5, 5.41) is 2.19. The maximum Gasteiger partial charge on any atom is 0.189 e. The van der Waals surface area contributed by atoms with Crippen molar-refractivity contribution < 1.29 is 10.1 Å². The maximum absolute atomic E-state index is 11.1. The molecule has 0 spiro atoms. The molecule has 0 aromatic heterocycles. The van der Waals surface area contributed by atoms with Crippen molar-refractivity contribution in [1.29, 1.82) is 0 Å². The fourth-order valence-corrected chi connectivity index (χ4v) is 1.50. The van der Waals surface area contributed by atoms with Crippen LogP contribution in [0.25, 0.3) is 0 Å². The first-order chi connectivity index (χ1) is 4.84. The van der Waals surface area contributed by atoms with E-state index in [1.54, 1.807) is 0 Å². The van der Waals surface area contributed by atoms with Gasteiger partial charge in [0, 0.05) is 12.8 Å². The van der Waals surface area contributed by atoms with Crippen molar-refractivity contribution in [2.24, 2.45) is 0 Å². The predicted octanol–water partition coefficient (Wildman–Crippen LogP) is 0.0814. The van der Waals surface area contributed by atoms with Gasteiger partial charge in [0.25, 0.3) is 0 Å². The van der Waals surface area contributed by atoms with Crippen LogP contribution in [-0.2, 0) is 4.79 Å². The third-order valence-corrected chi connectivity index (χ3v) is 2.18. The van der Waals surface area contributed by atoms with Gasteiger partial charge in [-0.1, -0.05) is 6.92 Å². The molecule has 1 fully saturated rings. The number of nitrogens with two attached hydrogens (primary N) is 1. The first-order valence-electron chi connectivity index (χ1n) is 4.20. The number of ketones is 1. The van der Waals surface area contributed by atoms with E-state index in [-0.39, 0.29) is 0 Å². The molecule has 58 valence electrons. The number of carbonyl (C=O) groups is 1. The second-order valence-corrected chi connectivity index (χ2v) is 2.95. The minimum absolute atomic E-state index is 0.304. The molecule has 0 aliphatic carbocycles. The summed E-state index contributed by atoms with van der Waals surface area (Å²) in [5.41, 5.74) is 0. The maximum atomic E-state index is 11.1. The smallest absolute Gasteiger partial charge is 0.189 e. The fraction of sp³-hybridized carbons (Fsp3) is 0.875. The van der Waals surface area contributed by atoms with Gasteiger partial charge in [-0.2, -0.15) is 0 Å². The van der Waals surface area contributed by atoms with Gasteiger partial charge in [0.1, 0.15) is 6.04 Å². The second-order valence-electron chi connectivity index (χ2n) is 2.95. The van der Waals surface area contributed by atoms with Gasteiger partial charge >= 0.3 is 0 Å². The van der Waals surface area contributed by atoms with E-state index >= 15 is 0 Å². The Morgan fingerprint density at radius 2 is 2.40 bits per heavy atom. The highest BCUT2D eigenvalue weighted by Crippen LogP contribution is 2.03. The summed E-state index contributed by atoms with van der Waals surface area (Å²) >= 11 is 0. The highest BCUT2D eigenvalue weighted by molar-refractivity contribution is 5.82. The molecule has 1 unspecified atom stereocenters. The average molecular weight is 142 g/mol. The van der Waals surface area contributed by atoms with Crippen LogP contribution in [0.2, 0.25) is 0 Å². The Kier molecular flexibility index (Phi) is 2.87. The quantitative estimate of drug-likeness (QED) is 0.582. The van der Waals surface area contributed by atoms with E-state index < -0.39 is 0 Å². The van der Waals surface area contributed by atoms with E-state index in [2.05, 4.69) is 5.32 Å². The number of hydrogen-bond donors (Lipinski definition) is 1. The number of piperidine rings is 1. The van der Waals surface area contributed by atoms with Crippen LogP contribution in [0.1, 0.15) is 32.6 Å². The topological polar surface area (TPSA) is 33.7 Å². The number of quaternary nitrogens is 1. The lowest BCUT2D eigenvalue weighted by Gasteiger charge is -2.17. The molecule has 1 heterocycles. The lowest BCUT2D eigenvalue weighted by atomic mass is 10.00. The number of hydrogen-bond acceptors (Lipinski definition) is 1. The van der Waals surface area contributed by atoms with E-state index in [1.165, 1.54) is 12.8 Å². The summed E-state index contributed by atoms with van der Waals surface area (Å²) in [7, 11) is 0. The molecule has 1 rings (SSSR count). The molecule has 0 radical (unpaired) electrons. The van der Waals surface area contributed by atoms with Crippen molar-refractivity contribution >= 4 is 5.78 Å². The molecule has 10 heavy (non-hydrogen) atoms. The van der Waals surface area contributed by atoms with Crippen molar-refractivity contribution in [1.82, 2.24) is 0 Å². The van der Waals surface area contributed by atoms with Crippen molar-refractivity contribution in [3.05, 3.63) is 0 Å². The summed E-state index contributed by atoms with van der Waals surface area (Å²) in [6.45, 7) is 3.10. The highest BCUT2D eigenvalue weighted by Gasteiger charge is 2.21. The molecule has 2 nitrogen and oxygen atoms in total. The largest absolute Gasteiger partial charge is 0.338 e. The lowest BCUT2D eigenvalue weighted by molar-refractivity contribution is -0.684. The minimum atomic E-state index is 0.304. The SMILES string of the molecule is CCC(=O)C1CCCC[NH2+]1. The minimum Gasteiger partial charge on any atom is -0.338 e. The van der Waals surface area contributed by atoms with E-state index in [0.29, 0.717) is 18.2 Å². The first kappa shape index (κ1) is 7.73. The summed E-state index contributed by atoms with van der Waals surface area (Å²) in [6.07, 6.45) is 4.34. The van der Waals surface area contributed by atoms with E-state index in [9.17, 15) is 4.79 Å². The molecule has 0 aromatic carbocycles. The molecule has 2 N–H and O–H groups in total. The fourth-order valence-electron chi connectivity index (χ4n) is 1.50. The van der Waals surface area contributed by atoms with Gasteiger partial charge in [-0.15, -0.1) is 0 Å². The molecule has 2 heteroatoms. The zero-order valence-corrected chi connectivity index (χ0v) is 6.60. The van der Waals surface area contributed by atoms with Gasteiger partial charge in [0.2, 0.25) is 0 Å². The molecule has 1 atom stereocenters. The number of carbonyl (C=O) groups excluding carboxylic acids is 1. The van der Waals surface area contributed by atoms with Crippen molar-refractivity contribution in [3.8, 4) is 0 Å². The molecule has 1 saturated heterocycles. The summed E-state index contributed by atoms with van der Waals surface area (Å²) in [6, 6.07) is 0.304. The Labute approximate surface area is 62.0 Å². The molecule has 0 bridgehead atoms. The second kappa shape index (κ2) is 3.71. The van der Waals surface area contributed by atoms with Crippen LogP contribution < -0.4 is 5.32 Å². The van der Waals surface area contributed by atoms with Crippen LogP contribution in [0.5, 0.6) is 0 Å². The Morgan fingerprint density at radius 3 is 2.90 bits per heavy atom. The standard InChI is InChI=1S/C8H15NO/c1-2-8(10)7-5-3-4-6-9-7/h7,9H,2-6H2,1H3/p+1. The van der Waals surface area contributed by atoms with Gasteiger partial charge in [0.15, 0.2) is 5.78 Å². The zero-order chi connectivity index (χ0) is 7.40. The Hall–Kier alpha value is -0.370. The highest BCUT2D eigenvalue weighted by atomic mass is 16.1. The molecular weight excluding hydrogens is 126 g/mol. The molecule has 1 aliphatic rings. The Bertz CT molecular complexity index is 116. The number of rotatable bonds is 2. The van der Waals surface area contributed by atoms with Gasteiger partial charge in [-0.25, -0.2) is 0 Å². The predicted molar refractivity (Wildman–Crippen MR) is 39.7 cm³/mol. The molecular formula is C8H16NO+. The third-order valence-electron chi connectivity index (χ3n) is 2.18. The van der Waals surface area contributed by atoms with Crippen LogP contribution in [0.4, 0.5) is 0 Å². The molecule has 1 aliphatic heterocycles. The normalized spacial score (nSPS) is 26.3.